The fourth-order valence-electron chi connectivity index (χ4n) is 1.69. The smallest absolute Gasteiger partial charge is 0.145 e. The molecule has 0 aliphatic carbocycles. The Morgan fingerprint density at radius 1 is 1.44 bits per heavy atom. The lowest BCUT2D eigenvalue weighted by molar-refractivity contribution is 1.15. The van der Waals surface area contributed by atoms with Crippen LogP contribution < -0.4 is 5.32 Å². The van der Waals surface area contributed by atoms with E-state index in [0.29, 0.717) is 5.56 Å². The molecular weight excluding hydrogens is 312 g/mol. The van der Waals surface area contributed by atoms with Crippen LogP contribution in [-0.2, 0) is 0 Å². The van der Waals surface area contributed by atoms with Gasteiger partial charge in [-0.05, 0) is 36.3 Å². The van der Waals surface area contributed by atoms with Gasteiger partial charge in [0.15, 0.2) is 0 Å². The fourth-order valence-corrected chi connectivity index (χ4v) is 1.69. The van der Waals surface area contributed by atoms with Gasteiger partial charge in [-0.2, -0.15) is 5.26 Å². The highest BCUT2D eigenvalue weighted by Gasteiger charge is 2.06. The molecule has 0 saturated carbocycles. The highest BCUT2D eigenvalue weighted by molar-refractivity contribution is 6.38. The number of nitrogens with zero attached hydrogens (tertiary/aromatic N) is 3. The third-order valence-electron chi connectivity index (χ3n) is 3.03. The lowest BCUT2D eigenvalue weighted by Crippen LogP contribution is -2.07. The Hall–Kier alpha value is -3.59. The molecule has 0 radical (unpaired) electrons. The second-order valence-electron chi connectivity index (χ2n) is 4.73. The summed E-state index contributed by atoms with van der Waals surface area (Å²) in [5.74, 6) is -0.0315. The Kier molecular flexibility index (Phi) is 8.58. The topological polar surface area (TPSA) is 109 Å². The van der Waals surface area contributed by atoms with Crippen molar-refractivity contribution in [3.8, 4) is 6.07 Å². The standard InChI is InChI=1S/C19H20N6/c1-3-15(4-2)7-5-10-23-12-9-18(22)25-14-17(21)19-16(13-20)8-6-11-24-19/h3,5-12,14,21-23H,1,4H2,2H3/b10-5-,12-9?,15-7+,21-17?,22-18?,25-14?. The van der Waals surface area contributed by atoms with Crippen molar-refractivity contribution in [2.75, 3.05) is 0 Å². The summed E-state index contributed by atoms with van der Waals surface area (Å²) in [6.07, 6.45) is 14.0. The van der Waals surface area contributed by atoms with Crippen LogP contribution in [0.5, 0.6) is 0 Å². The van der Waals surface area contributed by atoms with E-state index in [1.807, 2.05) is 18.2 Å². The fraction of sp³-hybridized carbons (Fsp3) is 0.105. The first kappa shape index (κ1) is 19.5. The van der Waals surface area contributed by atoms with Crippen molar-refractivity contribution in [1.29, 1.82) is 16.1 Å². The first-order valence-electron chi connectivity index (χ1n) is 7.59. The van der Waals surface area contributed by atoms with E-state index in [2.05, 4.69) is 28.8 Å². The van der Waals surface area contributed by atoms with Crippen LogP contribution >= 0.6 is 0 Å². The lowest BCUT2D eigenvalue weighted by atomic mass is 10.1. The number of pyridine rings is 1. The van der Waals surface area contributed by atoms with Gasteiger partial charge in [-0.15, -0.1) is 0 Å². The van der Waals surface area contributed by atoms with Crippen LogP contribution in [0, 0.1) is 22.1 Å². The highest BCUT2D eigenvalue weighted by Crippen LogP contribution is 2.03. The number of rotatable bonds is 8. The summed E-state index contributed by atoms with van der Waals surface area (Å²) >= 11 is 0. The van der Waals surface area contributed by atoms with Crippen molar-refractivity contribution < 1.29 is 0 Å². The number of hydrogen-bond acceptors (Lipinski definition) is 5. The molecule has 126 valence electrons. The molecule has 0 bridgehead atoms. The van der Waals surface area contributed by atoms with Gasteiger partial charge in [-0.1, -0.05) is 25.7 Å². The molecule has 1 aromatic heterocycles. The van der Waals surface area contributed by atoms with Gasteiger partial charge in [0.25, 0.3) is 0 Å². The zero-order valence-electron chi connectivity index (χ0n) is 14.0. The second kappa shape index (κ2) is 11.0. The minimum absolute atomic E-state index is 0.0233. The van der Waals surface area contributed by atoms with E-state index in [1.165, 1.54) is 18.5 Å². The maximum atomic E-state index is 8.99. The van der Waals surface area contributed by atoms with Gasteiger partial charge in [0.1, 0.15) is 17.6 Å². The van der Waals surface area contributed by atoms with Crippen LogP contribution in [0.4, 0.5) is 0 Å². The van der Waals surface area contributed by atoms with E-state index in [4.69, 9.17) is 16.1 Å². The molecule has 1 rings (SSSR count). The number of nitriles is 1. The van der Waals surface area contributed by atoms with Gasteiger partial charge in [0, 0.05) is 18.6 Å². The number of aliphatic imine (C=N–C) groups is 1. The Labute approximate surface area is 147 Å². The molecule has 1 heterocycles. The van der Waals surface area contributed by atoms with Gasteiger partial charge in [-0.25, -0.2) is 4.99 Å². The summed E-state index contributed by atoms with van der Waals surface area (Å²) in [6, 6.07) is 5.18. The molecule has 0 spiro atoms. The molecule has 0 aliphatic heterocycles. The van der Waals surface area contributed by atoms with Gasteiger partial charge in [-0.3, -0.25) is 15.8 Å². The SMILES string of the molecule is C=C/C(=C\C=C/NC=CC(=N)N=CC(=N)c1ncccc1C#N)CC. The van der Waals surface area contributed by atoms with Crippen molar-refractivity contribution >= 4 is 17.8 Å². The number of amidine groups is 1. The first-order chi connectivity index (χ1) is 12.1. The summed E-state index contributed by atoms with van der Waals surface area (Å²) in [5.41, 5.74) is 1.65. The minimum atomic E-state index is -0.0315. The van der Waals surface area contributed by atoms with Crippen LogP contribution in [-0.4, -0.2) is 22.7 Å². The molecular formula is C19H20N6. The monoisotopic (exact) mass is 332 g/mol. The molecule has 1 aromatic rings. The Morgan fingerprint density at radius 3 is 2.92 bits per heavy atom. The number of hydrogen-bond donors (Lipinski definition) is 3. The van der Waals surface area contributed by atoms with E-state index in [9.17, 15) is 0 Å². The Bertz CT molecular complexity index is 790. The predicted molar refractivity (Wildman–Crippen MR) is 102 cm³/mol. The number of allylic oxidation sites excluding steroid dienone is 4. The van der Waals surface area contributed by atoms with Gasteiger partial charge < -0.3 is 5.32 Å². The summed E-state index contributed by atoms with van der Waals surface area (Å²) in [6.45, 7) is 5.77. The largest absolute Gasteiger partial charge is 0.368 e. The number of nitrogens with one attached hydrogen (secondary N) is 3. The van der Waals surface area contributed by atoms with Crippen LogP contribution in [0.25, 0.3) is 0 Å². The van der Waals surface area contributed by atoms with E-state index >= 15 is 0 Å². The van der Waals surface area contributed by atoms with E-state index in [1.54, 1.807) is 30.6 Å². The Balaban J connectivity index is 2.56. The van der Waals surface area contributed by atoms with E-state index in [0.717, 1.165) is 12.0 Å². The van der Waals surface area contributed by atoms with Gasteiger partial charge >= 0.3 is 0 Å². The molecule has 0 atom stereocenters. The average molecular weight is 332 g/mol. The third-order valence-corrected chi connectivity index (χ3v) is 3.03. The van der Waals surface area contributed by atoms with Crippen LogP contribution in [0.2, 0.25) is 0 Å². The summed E-state index contributed by atoms with van der Waals surface area (Å²) in [5, 5.41) is 27.5. The minimum Gasteiger partial charge on any atom is -0.368 e. The molecule has 3 N–H and O–H groups in total. The van der Waals surface area contributed by atoms with Crippen molar-refractivity contribution in [2.24, 2.45) is 4.99 Å². The Morgan fingerprint density at radius 2 is 2.24 bits per heavy atom. The third kappa shape index (κ3) is 7.01. The molecule has 0 fully saturated rings. The molecule has 6 heteroatoms. The maximum Gasteiger partial charge on any atom is 0.145 e. The molecule has 0 amide bonds. The normalized spacial score (nSPS) is 11.8. The maximum absolute atomic E-state index is 8.99. The van der Waals surface area contributed by atoms with Crippen molar-refractivity contribution in [3.05, 3.63) is 78.4 Å². The van der Waals surface area contributed by atoms with Crippen LogP contribution in [0.15, 0.2) is 72.2 Å². The van der Waals surface area contributed by atoms with Crippen LogP contribution in [0.1, 0.15) is 24.6 Å². The molecule has 25 heavy (non-hydrogen) atoms. The quantitative estimate of drug-likeness (QED) is 0.385. The average Bonchev–Trinajstić information content (AvgIpc) is 2.65. The molecule has 6 nitrogen and oxygen atoms in total. The molecule has 0 unspecified atom stereocenters. The van der Waals surface area contributed by atoms with Crippen LogP contribution in [0.3, 0.4) is 0 Å². The highest BCUT2D eigenvalue weighted by atomic mass is 14.8. The van der Waals surface area contributed by atoms with E-state index < -0.39 is 0 Å². The van der Waals surface area contributed by atoms with E-state index in [-0.39, 0.29) is 17.2 Å². The summed E-state index contributed by atoms with van der Waals surface area (Å²) in [7, 11) is 0. The van der Waals surface area contributed by atoms with Gasteiger partial charge in [0.05, 0.1) is 17.5 Å². The van der Waals surface area contributed by atoms with Crippen molar-refractivity contribution in [2.45, 2.75) is 13.3 Å². The number of aromatic nitrogens is 1. The predicted octanol–water partition coefficient (Wildman–Crippen LogP) is 3.51. The zero-order chi connectivity index (χ0) is 18.5. The second-order valence-corrected chi connectivity index (χ2v) is 4.73. The van der Waals surface area contributed by atoms with Crippen molar-refractivity contribution in [1.82, 2.24) is 10.3 Å². The van der Waals surface area contributed by atoms with Gasteiger partial charge in [0.2, 0.25) is 0 Å². The molecule has 0 aromatic carbocycles. The molecule has 0 saturated heterocycles. The molecule has 0 aliphatic rings. The zero-order valence-corrected chi connectivity index (χ0v) is 14.0. The summed E-state index contributed by atoms with van der Waals surface area (Å²) in [4.78, 5) is 7.85. The first-order valence-corrected chi connectivity index (χ1v) is 7.59. The lowest BCUT2D eigenvalue weighted by Gasteiger charge is -1.99. The summed E-state index contributed by atoms with van der Waals surface area (Å²) < 4.78 is 0. The van der Waals surface area contributed by atoms with Crippen molar-refractivity contribution in [3.63, 3.8) is 0 Å².